The highest BCUT2D eigenvalue weighted by atomic mass is 16.7. The molecule has 5 aliphatic rings. The van der Waals surface area contributed by atoms with Crippen molar-refractivity contribution < 1.29 is 19.7 Å². The third kappa shape index (κ3) is 2.35. The van der Waals surface area contributed by atoms with Crippen molar-refractivity contribution in [1.29, 1.82) is 0 Å². The summed E-state index contributed by atoms with van der Waals surface area (Å²) in [6, 6.07) is 0. The van der Waals surface area contributed by atoms with Crippen LogP contribution < -0.4 is 0 Å². The van der Waals surface area contributed by atoms with Crippen LogP contribution >= 0.6 is 0 Å². The molecule has 0 spiro atoms. The molecule has 0 aromatic heterocycles. The molecule has 4 nitrogen and oxygen atoms in total. The van der Waals surface area contributed by atoms with Crippen LogP contribution in [0.25, 0.3) is 0 Å². The Hall–Kier alpha value is -0.680. The number of aliphatic hydroxyl groups is 2. The molecule has 162 valence electrons. The van der Waals surface area contributed by atoms with E-state index in [0.717, 1.165) is 44.9 Å². The maximum atomic E-state index is 11.8. The fraction of sp³-hybridized carbons (Fsp3) is 0.840. The van der Waals surface area contributed by atoms with Gasteiger partial charge in [-0.2, -0.15) is 0 Å². The van der Waals surface area contributed by atoms with Gasteiger partial charge in [0.05, 0.1) is 25.4 Å². The third-order valence-corrected chi connectivity index (χ3v) is 10.2. The van der Waals surface area contributed by atoms with E-state index in [0.29, 0.717) is 25.0 Å². The van der Waals surface area contributed by atoms with Crippen molar-refractivity contribution in [2.24, 2.45) is 28.1 Å². The molecule has 0 amide bonds. The Morgan fingerprint density at radius 3 is 2.52 bits per heavy atom. The first-order valence-electron chi connectivity index (χ1n) is 11.8. The zero-order chi connectivity index (χ0) is 20.7. The van der Waals surface area contributed by atoms with E-state index in [-0.39, 0.29) is 22.3 Å². The zero-order valence-corrected chi connectivity index (χ0v) is 18.5. The minimum Gasteiger partial charge on any atom is -0.393 e. The zero-order valence-electron chi connectivity index (χ0n) is 18.5. The summed E-state index contributed by atoms with van der Waals surface area (Å²) in [4.78, 5) is 0. The van der Waals surface area contributed by atoms with Gasteiger partial charge in [-0.15, -0.1) is 0 Å². The number of fused-ring (bicyclic) bond motifs is 5. The number of ether oxygens (including phenoxy) is 2. The highest BCUT2D eigenvalue weighted by Gasteiger charge is 2.70. The topological polar surface area (TPSA) is 58.9 Å². The van der Waals surface area contributed by atoms with Gasteiger partial charge in [0.15, 0.2) is 5.79 Å². The lowest BCUT2D eigenvalue weighted by Gasteiger charge is -2.62. The molecule has 2 N–H and O–H groups in total. The van der Waals surface area contributed by atoms with Crippen molar-refractivity contribution >= 4 is 0 Å². The van der Waals surface area contributed by atoms with E-state index in [1.165, 1.54) is 11.1 Å². The molecule has 2 saturated carbocycles. The Bertz CT molecular complexity index is 750. The SMILES string of the molecule is CCC1(C2(C)OCCO2)CC=C2C3CC=C4CC(O)CC[C@]4(C)C3CC(O)[C@@]21C. The molecule has 1 heterocycles. The highest BCUT2D eigenvalue weighted by molar-refractivity contribution is 5.39. The lowest BCUT2D eigenvalue weighted by Crippen LogP contribution is -2.62. The predicted molar refractivity (Wildman–Crippen MR) is 112 cm³/mol. The van der Waals surface area contributed by atoms with Gasteiger partial charge in [-0.25, -0.2) is 0 Å². The Morgan fingerprint density at radius 2 is 1.83 bits per heavy atom. The first-order chi connectivity index (χ1) is 13.7. The summed E-state index contributed by atoms with van der Waals surface area (Å²) < 4.78 is 12.5. The van der Waals surface area contributed by atoms with Gasteiger partial charge in [-0.1, -0.05) is 44.1 Å². The fourth-order valence-corrected chi connectivity index (χ4v) is 8.39. The number of aliphatic hydroxyl groups excluding tert-OH is 2. The van der Waals surface area contributed by atoms with Gasteiger partial charge < -0.3 is 19.7 Å². The number of hydrogen-bond donors (Lipinski definition) is 2. The van der Waals surface area contributed by atoms with Crippen LogP contribution in [0.3, 0.4) is 0 Å². The summed E-state index contributed by atoms with van der Waals surface area (Å²) in [7, 11) is 0. The van der Waals surface area contributed by atoms with Crippen LogP contribution in [0.15, 0.2) is 23.3 Å². The first kappa shape index (κ1) is 20.2. The van der Waals surface area contributed by atoms with E-state index in [4.69, 9.17) is 9.47 Å². The second-order valence-corrected chi connectivity index (χ2v) is 10.9. The van der Waals surface area contributed by atoms with E-state index < -0.39 is 11.9 Å². The fourth-order valence-electron chi connectivity index (χ4n) is 8.39. The normalized spacial score (nSPS) is 51.0. The number of allylic oxidation sites excluding steroid dienone is 2. The Balaban J connectivity index is 1.56. The van der Waals surface area contributed by atoms with Crippen LogP contribution in [0, 0.1) is 28.1 Å². The van der Waals surface area contributed by atoms with E-state index in [2.05, 4.69) is 39.8 Å². The molecule has 5 rings (SSSR count). The molecule has 4 heteroatoms. The van der Waals surface area contributed by atoms with E-state index in [9.17, 15) is 10.2 Å². The van der Waals surface area contributed by atoms with Crippen LogP contribution in [-0.2, 0) is 9.47 Å². The van der Waals surface area contributed by atoms with E-state index >= 15 is 0 Å². The van der Waals surface area contributed by atoms with Gasteiger partial charge >= 0.3 is 0 Å². The second kappa shape index (κ2) is 6.41. The van der Waals surface area contributed by atoms with Crippen LogP contribution in [0.1, 0.15) is 72.6 Å². The van der Waals surface area contributed by atoms with Crippen molar-refractivity contribution in [3.63, 3.8) is 0 Å². The van der Waals surface area contributed by atoms with Crippen LogP contribution in [0.4, 0.5) is 0 Å². The van der Waals surface area contributed by atoms with E-state index in [1.807, 2.05) is 0 Å². The molecule has 4 aliphatic carbocycles. The molecule has 5 unspecified atom stereocenters. The van der Waals surface area contributed by atoms with Crippen molar-refractivity contribution in [2.45, 2.75) is 90.6 Å². The molecular formula is C25H38O4. The largest absolute Gasteiger partial charge is 0.393 e. The minimum atomic E-state index is -0.642. The predicted octanol–water partition coefficient (Wildman–Crippen LogP) is 4.36. The molecule has 3 fully saturated rings. The average Bonchev–Trinajstić information content (AvgIpc) is 3.27. The molecule has 0 radical (unpaired) electrons. The van der Waals surface area contributed by atoms with Crippen LogP contribution in [0.2, 0.25) is 0 Å². The summed E-state index contributed by atoms with van der Waals surface area (Å²) in [6.07, 6.45) is 10.7. The third-order valence-electron chi connectivity index (χ3n) is 10.2. The van der Waals surface area contributed by atoms with E-state index in [1.54, 1.807) is 0 Å². The molecule has 1 saturated heterocycles. The maximum absolute atomic E-state index is 11.8. The van der Waals surface area contributed by atoms with Gasteiger partial charge in [0.2, 0.25) is 0 Å². The van der Waals surface area contributed by atoms with Gasteiger partial charge in [-0.3, -0.25) is 0 Å². The molecule has 29 heavy (non-hydrogen) atoms. The minimum absolute atomic E-state index is 0.104. The Labute approximate surface area is 175 Å². The highest BCUT2D eigenvalue weighted by Crippen LogP contribution is 2.71. The summed E-state index contributed by atoms with van der Waals surface area (Å²) in [5.41, 5.74) is 2.43. The molecular weight excluding hydrogens is 364 g/mol. The Kier molecular flexibility index (Phi) is 4.48. The van der Waals surface area contributed by atoms with Gasteiger partial charge in [-0.05, 0) is 69.1 Å². The number of rotatable bonds is 2. The van der Waals surface area contributed by atoms with Gasteiger partial charge in [0.1, 0.15) is 0 Å². The summed E-state index contributed by atoms with van der Waals surface area (Å²) >= 11 is 0. The standard InChI is InChI=1S/C25H38O4/c1-5-25(24(4)28-12-13-29-24)11-9-19-18-7-6-16-14-17(26)8-10-22(16,2)20(18)15-21(27)23(19,25)3/h6,9,17-18,20-21,26-27H,5,7-8,10-15H2,1-4H3/t17?,18?,20?,21?,22-,23+,25?/m0/s1. The average molecular weight is 403 g/mol. The van der Waals surface area contributed by atoms with Crippen molar-refractivity contribution in [3.05, 3.63) is 23.3 Å². The van der Waals surface area contributed by atoms with Crippen molar-refractivity contribution in [2.75, 3.05) is 13.2 Å². The van der Waals surface area contributed by atoms with Crippen molar-refractivity contribution in [3.8, 4) is 0 Å². The molecule has 0 bridgehead atoms. The molecule has 0 aromatic rings. The van der Waals surface area contributed by atoms with Gasteiger partial charge in [0.25, 0.3) is 0 Å². The lowest BCUT2D eigenvalue weighted by molar-refractivity contribution is -0.271. The lowest BCUT2D eigenvalue weighted by atomic mass is 9.44. The number of hydrogen-bond acceptors (Lipinski definition) is 4. The van der Waals surface area contributed by atoms with Crippen LogP contribution in [0.5, 0.6) is 0 Å². The maximum Gasteiger partial charge on any atom is 0.172 e. The summed E-state index contributed by atoms with van der Waals surface area (Å²) in [5.74, 6) is 0.290. The van der Waals surface area contributed by atoms with Crippen LogP contribution in [-0.4, -0.2) is 41.4 Å². The molecule has 7 atom stereocenters. The second-order valence-electron chi connectivity index (χ2n) is 10.9. The summed E-state index contributed by atoms with van der Waals surface area (Å²) in [6.45, 7) is 10.3. The smallest absolute Gasteiger partial charge is 0.172 e. The summed E-state index contributed by atoms with van der Waals surface area (Å²) in [5, 5.41) is 22.0. The first-order valence-corrected chi connectivity index (χ1v) is 11.8. The quantitative estimate of drug-likeness (QED) is 0.674. The van der Waals surface area contributed by atoms with Crippen molar-refractivity contribution in [1.82, 2.24) is 0 Å². The molecule has 1 aliphatic heterocycles. The monoisotopic (exact) mass is 402 g/mol. The molecule has 0 aromatic carbocycles. The van der Waals surface area contributed by atoms with Gasteiger partial charge in [0, 0.05) is 10.8 Å². The Morgan fingerprint density at radius 1 is 1.10 bits per heavy atom.